The number of alkyl halides is 1. The van der Waals surface area contributed by atoms with Crippen LogP contribution >= 0.6 is 0 Å². The van der Waals surface area contributed by atoms with Crippen molar-refractivity contribution in [1.82, 2.24) is 29.7 Å². The lowest BCUT2D eigenvalue weighted by molar-refractivity contribution is -0.318. The van der Waals surface area contributed by atoms with Gasteiger partial charge in [0.2, 0.25) is 5.91 Å². The zero-order valence-electron chi connectivity index (χ0n) is 49.7. The number of halogens is 1. The normalized spacial score (nSPS) is 38.3. The van der Waals surface area contributed by atoms with Gasteiger partial charge in [-0.05, 0) is 111 Å². The zero-order chi connectivity index (χ0) is 59.2. The number of benzene rings is 1. The monoisotopic (exact) mass is 1130 g/mol. The van der Waals surface area contributed by atoms with Crippen LogP contribution in [0.25, 0.3) is 5.57 Å². The molecule has 5 heterocycles. The molecule has 21 nitrogen and oxygen atoms in total. The van der Waals surface area contributed by atoms with E-state index >= 15 is 4.39 Å². The summed E-state index contributed by atoms with van der Waals surface area (Å²) in [6.07, 6.45) is -5.61. The minimum atomic E-state index is -1.86. The van der Waals surface area contributed by atoms with Crippen molar-refractivity contribution in [2.45, 2.75) is 210 Å². The molecule has 3 saturated heterocycles. The van der Waals surface area contributed by atoms with Gasteiger partial charge in [-0.25, -0.2) is 9.07 Å². The SMILES string of the molecule is CC[C@H]1OC(=O)[C@H](C)[C@@H](O[C@H]2C[C@@](C)(OC)[C@@H](O)[C@H](C)O2)[C@H](C)[C@@H](OC2O[C@H](C)C[C@H](N(C)CCc3cn([C@H](CF)[C@H](OC)c4ccc(C5=CCN(C(=O)CO)CC5)cc4)nn3)[C@H]2O)[C@](C)(O)C[C@@H](C)CN(C)[C@H](C)[C@@H](O)[C@]1(C)O. The number of nitrogens with zero attached hydrogens (tertiary/aromatic N) is 6. The first-order valence-electron chi connectivity index (χ1n) is 28.6. The van der Waals surface area contributed by atoms with Crippen molar-refractivity contribution in [3.63, 3.8) is 0 Å². The third-order valence-electron chi connectivity index (χ3n) is 17.8. The summed E-state index contributed by atoms with van der Waals surface area (Å²) in [6, 6.07) is 5.76. The van der Waals surface area contributed by atoms with E-state index in [0.29, 0.717) is 51.1 Å². The number of likely N-dealkylation sites (N-methyl/N-ethyl adjacent to an activating group) is 2. The molecule has 22 heteroatoms. The molecule has 1 amide bonds. The van der Waals surface area contributed by atoms with Gasteiger partial charge in [0.05, 0.1) is 47.2 Å². The molecule has 1 aromatic heterocycles. The van der Waals surface area contributed by atoms with Gasteiger partial charge in [0.15, 0.2) is 12.6 Å². The van der Waals surface area contributed by atoms with Gasteiger partial charge >= 0.3 is 5.97 Å². The second-order valence-electron chi connectivity index (χ2n) is 24.1. The van der Waals surface area contributed by atoms with Gasteiger partial charge in [0, 0.05) is 77.4 Å². The second-order valence-corrected chi connectivity index (χ2v) is 24.1. The highest BCUT2D eigenvalue weighted by Crippen LogP contribution is 2.41. The number of aromatic nitrogens is 3. The summed E-state index contributed by atoms with van der Waals surface area (Å²) in [4.78, 5) is 32.0. The van der Waals surface area contributed by atoms with Crippen molar-refractivity contribution >= 4 is 17.4 Å². The van der Waals surface area contributed by atoms with Crippen molar-refractivity contribution in [1.29, 1.82) is 0 Å². The van der Waals surface area contributed by atoms with E-state index in [0.717, 1.165) is 16.7 Å². The Morgan fingerprint density at radius 3 is 2.27 bits per heavy atom. The lowest BCUT2D eigenvalue weighted by atomic mass is 9.77. The van der Waals surface area contributed by atoms with E-state index in [-0.39, 0.29) is 31.1 Å². The third kappa shape index (κ3) is 15.0. The van der Waals surface area contributed by atoms with Crippen LogP contribution in [0.5, 0.6) is 0 Å². The number of amides is 1. The standard InChI is InChI=1S/C58H95FN6O15/c1-15-45-58(10,73)51(69)37(6)63(12)30-33(2)27-56(8,72)53(35(4)49(36(5)54(71)78-45)79-47-28-57(9,75-14)52(70)38(7)77-47)80-55-48(68)43(26-34(3)76-55)62(11)23-22-42-31-65(61-60-42)44(29-59)50(74-13)41-18-16-39(17-19-41)40-20-24-64(25-21-40)46(67)32-66/h16-20,31,33-38,43-45,47-53,55,66,68-70,72-73H,15,21-30,32H2,1-14H3/t33-,34-,35+,36-,37-,38+,43+,44-,45-,47+,48-,49+,50-,51-,52+,53-,55?,56-,57-,58-/m1/s1. The number of methoxy groups -OCH3 is 2. The number of carbonyl (C=O) groups is 2. The van der Waals surface area contributed by atoms with Crippen LogP contribution in [0.2, 0.25) is 0 Å². The Kier molecular flexibility index (Phi) is 22.8. The fourth-order valence-corrected chi connectivity index (χ4v) is 12.7. The van der Waals surface area contributed by atoms with Crippen molar-refractivity contribution in [2.75, 3.05) is 67.8 Å². The number of carbonyl (C=O) groups excluding carboxylic acids is 2. The molecule has 454 valence electrons. The van der Waals surface area contributed by atoms with Crippen molar-refractivity contribution < 1.29 is 77.8 Å². The number of hydrogen-bond donors (Lipinski definition) is 6. The molecule has 2 aromatic rings. The van der Waals surface area contributed by atoms with Crippen LogP contribution in [0.4, 0.5) is 4.39 Å². The maximum absolute atomic E-state index is 15.0. The van der Waals surface area contributed by atoms with Gasteiger partial charge < -0.3 is 78.5 Å². The fourth-order valence-electron chi connectivity index (χ4n) is 12.7. The first-order valence-corrected chi connectivity index (χ1v) is 28.6. The molecule has 6 rings (SSSR count). The van der Waals surface area contributed by atoms with Crippen LogP contribution in [-0.4, -0.2) is 230 Å². The molecular formula is C58H95FN6O15. The van der Waals surface area contributed by atoms with Gasteiger partial charge in [-0.2, -0.15) is 0 Å². The van der Waals surface area contributed by atoms with Crippen molar-refractivity contribution in [2.24, 2.45) is 17.8 Å². The Morgan fingerprint density at radius 2 is 1.68 bits per heavy atom. The number of hydrogen-bond acceptors (Lipinski definition) is 19. The predicted octanol–water partition coefficient (Wildman–Crippen LogP) is 3.61. The number of ether oxygens (including phenoxy) is 7. The van der Waals surface area contributed by atoms with E-state index < -0.39 is 134 Å². The van der Waals surface area contributed by atoms with Gasteiger partial charge in [-0.3, -0.25) is 9.59 Å². The largest absolute Gasteiger partial charge is 0.459 e. The lowest BCUT2D eigenvalue weighted by Crippen LogP contribution is -2.61. The quantitative estimate of drug-likeness (QED) is 0.124. The molecule has 1 unspecified atom stereocenters. The third-order valence-corrected chi connectivity index (χ3v) is 17.8. The molecular weight excluding hydrogens is 1040 g/mol. The lowest BCUT2D eigenvalue weighted by Gasteiger charge is -2.49. The molecule has 3 fully saturated rings. The topological polar surface area (TPSA) is 261 Å². The summed E-state index contributed by atoms with van der Waals surface area (Å²) >= 11 is 0. The van der Waals surface area contributed by atoms with E-state index in [4.69, 9.17) is 33.2 Å². The van der Waals surface area contributed by atoms with Crippen LogP contribution in [0.1, 0.15) is 130 Å². The van der Waals surface area contributed by atoms with E-state index in [2.05, 4.69) is 10.3 Å². The highest BCUT2D eigenvalue weighted by atomic mass is 19.1. The molecule has 0 saturated carbocycles. The molecule has 20 atom stereocenters. The number of esters is 1. The van der Waals surface area contributed by atoms with Crippen LogP contribution in [0.3, 0.4) is 0 Å². The van der Waals surface area contributed by atoms with Crippen LogP contribution in [0, 0.1) is 17.8 Å². The molecule has 6 N–H and O–H groups in total. The Bertz CT molecular complexity index is 2330. The molecule has 80 heavy (non-hydrogen) atoms. The second kappa shape index (κ2) is 27.9. The maximum atomic E-state index is 15.0. The van der Waals surface area contributed by atoms with Gasteiger partial charge in [-0.15, -0.1) is 5.10 Å². The molecule has 0 radical (unpaired) electrons. The summed E-state index contributed by atoms with van der Waals surface area (Å²) in [7, 11) is 6.72. The highest BCUT2D eigenvalue weighted by Gasteiger charge is 2.53. The summed E-state index contributed by atoms with van der Waals surface area (Å²) < 4.78 is 60.8. The van der Waals surface area contributed by atoms with Crippen LogP contribution in [-0.2, 0) is 49.2 Å². The zero-order valence-corrected chi connectivity index (χ0v) is 49.7. The molecule has 4 aliphatic rings. The number of aliphatic hydroxyl groups is 6. The van der Waals surface area contributed by atoms with E-state index in [1.54, 1.807) is 59.6 Å². The summed E-state index contributed by atoms with van der Waals surface area (Å²) in [5.41, 5.74) is -1.23. The Balaban J connectivity index is 1.23. The van der Waals surface area contributed by atoms with E-state index in [9.17, 15) is 40.2 Å². The van der Waals surface area contributed by atoms with Gasteiger partial charge in [0.1, 0.15) is 55.4 Å². The number of rotatable bonds is 17. The minimum absolute atomic E-state index is 0.0752. The summed E-state index contributed by atoms with van der Waals surface area (Å²) in [6.45, 7) is 17.8. The molecule has 0 bridgehead atoms. The predicted molar refractivity (Wildman–Crippen MR) is 294 cm³/mol. The number of cyclic esters (lactones) is 1. The van der Waals surface area contributed by atoms with Crippen LogP contribution in [0.15, 0.2) is 36.5 Å². The van der Waals surface area contributed by atoms with Crippen LogP contribution < -0.4 is 0 Å². The molecule has 1 aromatic carbocycles. The molecule has 0 aliphatic carbocycles. The first kappa shape index (κ1) is 65.6. The summed E-state index contributed by atoms with van der Waals surface area (Å²) in [5.74, 6) is -3.23. The maximum Gasteiger partial charge on any atom is 0.311 e. The first-order chi connectivity index (χ1) is 37.6. The smallest absolute Gasteiger partial charge is 0.311 e. The van der Waals surface area contributed by atoms with Gasteiger partial charge in [-0.1, -0.05) is 56.3 Å². The van der Waals surface area contributed by atoms with Crippen molar-refractivity contribution in [3.8, 4) is 0 Å². The Morgan fingerprint density at radius 1 is 0.988 bits per heavy atom. The Hall–Kier alpha value is -3.59. The van der Waals surface area contributed by atoms with E-state index in [1.807, 2.05) is 68.1 Å². The Labute approximate surface area is 472 Å². The molecule has 4 aliphatic heterocycles. The minimum Gasteiger partial charge on any atom is -0.459 e. The van der Waals surface area contributed by atoms with Crippen molar-refractivity contribution in [3.05, 3.63) is 53.4 Å². The number of aliphatic hydroxyl groups excluding tert-OH is 4. The highest BCUT2D eigenvalue weighted by molar-refractivity contribution is 5.79. The van der Waals surface area contributed by atoms with E-state index in [1.165, 1.54) is 25.8 Å². The summed E-state index contributed by atoms with van der Waals surface area (Å²) in [5, 5.41) is 78.0. The van der Waals surface area contributed by atoms with Gasteiger partial charge in [0.25, 0.3) is 0 Å². The fraction of sp³-hybridized carbons (Fsp3) is 0.793. The average molecular weight is 1140 g/mol. The average Bonchev–Trinajstić information content (AvgIpc) is 3.94. The molecule has 0 spiro atoms.